The second-order valence-corrected chi connectivity index (χ2v) is 6.96. The quantitative estimate of drug-likeness (QED) is 0.922. The third kappa shape index (κ3) is 3.28. The molecule has 2 aromatic rings. The first-order valence-electron chi connectivity index (χ1n) is 7.65. The second kappa shape index (κ2) is 6.64. The van der Waals surface area contributed by atoms with Crippen LogP contribution in [0.2, 0.25) is 0 Å². The van der Waals surface area contributed by atoms with Crippen molar-refractivity contribution < 1.29 is 14.0 Å². The molecule has 126 valence electrons. The van der Waals surface area contributed by atoms with Gasteiger partial charge in [-0.2, -0.15) is 0 Å². The van der Waals surface area contributed by atoms with Crippen LogP contribution in [0.3, 0.4) is 0 Å². The van der Waals surface area contributed by atoms with E-state index in [2.05, 4.69) is 15.5 Å². The molecule has 6 nitrogen and oxygen atoms in total. The van der Waals surface area contributed by atoms with Crippen molar-refractivity contribution in [1.82, 2.24) is 10.2 Å². The second-order valence-electron chi connectivity index (χ2n) is 5.95. The molecule has 1 aliphatic heterocycles. The van der Waals surface area contributed by atoms with Crippen molar-refractivity contribution in [3.8, 4) is 0 Å². The lowest BCUT2D eigenvalue weighted by molar-refractivity contribution is -0.122. The lowest BCUT2D eigenvalue weighted by atomic mass is 10.1. The minimum atomic E-state index is -0.538. The van der Waals surface area contributed by atoms with Crippen LogP contribution >= 0.6 is 11.3 Å². The van der Waals surface area contributed by atoms with E-state index in [0.717, 1.165) is 5.01 Å². The lowest BCUT2D eigenvalue weighted by Crippen LogP contribution is -2.28. The molecule has 0 unspecified atom stereocenters. The Morgan fingerprint density at radius 3 is 2.79 bits per heavy atom. The number of nitrogens with one attached hydrogen (secondary N) is 1. The third-order valence-electron chi connectivity index (χ3n) is 3.80. The van der Waals surface area contributed by atoms with E-state index < -0.39 is 11.7 Å². The molecule has 3 rings (SSSR count). The van der Waals surface area contributed by atoms with E-state index in [4.69, 9.17) is 0 Å². The molecule has 1 N–H and O–H groups in total. The fourth-order valence-electron chi connectivity index (χ4n) is 2.51. The number of rotatable bonds is 4. The number of benzene rings is 1. The summed E-state index contributed by atoms with van der Waals surface area (Å²) >= 11 is 1.32. The number of hydrogen-bond donors (Lipinski definition) is 1. The average molecular weight is 348 g/mol. The van der Waals surface area contributed by atoms with Crippen LogP contribution in [-0.2, 0) is 9.59 Å². The molecular weight excluding hydrogens is 331 g/mol. The topological polar surface area (TPSA) is 75.2 Å². The highest BCUT2D eigenvalue weighted by Gasteiger charge is 2.36. The molecule has 0 saturated carbocycles. The fraction of sp³-hybridized carbons (Fsp3) is 0.375. The van der Waals surface area contributed by atoms with Gasteiger partial charge in [-0.1, -0.05) is 37.3 Å². The Morgan fingerprint density at radius 2 is 2.12 bits per heavy atom. The summed E-state index contributed by atoms with van der Waals surface area (Å²) in [5.41, 5.74) is 0.204. The van der Waals surface area contributed by atoms with Gasteiger partial charge in [0.15, 0.2) is 0 Å². The van der Waals surface area contributed by atoms with Crippen LogP contribution in [0.15, 0.2) is 24.3 Å². The molecular formula is C16H17FN4O2S. The standard InChI is InChI=1S/C16H17FN4O2S/c1-9(2)15-19-20-16(24-15)18-14(23)10-7-13(22)21(8-10)12-6-4-3-5-11(12)17/h3-6,9-10H,7-8H2,1-2H3,(H,18,20,23)/t10-/m0/s1. The van der Waals surface area contributed by atoms with Gasteiger partial charge >= 0.3 is 0 Å². The largest absolute Gasteiger partial charge is 0.309 e. The zero-order valence-corrected chi connectivity index (χ0v) is 14.1. The minimum Gasteiger partial charge on any atom is -0.309 e. The number of carbonyl (C=O) groups excluding carboxylic acids is 2. The molecule has 24 heavy (non-hydrogen) atoms. The summed E-state index contributed by atoms with van der Waals surface area (Å²) in [6.45, 7) is 4.14. The number of halogens is 1. The predicted octanol–water partition coefficient (Wildman–Crippen LogP) is 2.79. The maximum Gasteiger partial charge on any atom is 0.231 e. The Morgan fingerprint density at radius 1 is 1.38 bits per heavy atom. The summed E-state index contributed by atoms with van der Waals surface area (Å²) < 4.78 is 13.9. The smallest absolute Gasteiger partial charge is 0.231 e. The van der Waals surface area contributed by atoms with Crippen LogP contribution in [0.4, 0.5) is 15.2 Å². The number of hydrogen-bond acceptors (Lipinski definition) is 5. The van der Waals surface area contributed by atoms with E-state index in [0.29, 0.717) is 5.13 Å². The van der Waals surface area contributed by atoms with E-state index in [1.54, 1.807) is 12.1 Å². The van der Waals surface area contributed by atoms with Gasteiger partial charge in [0.25, 0.3) is 0 Å². The molecule has 1 aromatic heterocycles. The maximum absolute atomic E-state index is 13.9. The van der Waals surface area contributed by atoms with Gasteiger partial charge < -0.3 is 10.2 Å². The van der Waals surface area contributed by atoms with Crippen molar-refractivity contribution in [2.45, 2.75) is 26.2 Å². The van der Waals surface area contributed by atoms with Crippen molar-refractivity contribution in [3.63, 3.8) is 0 Å². The molecule has 1 aromatic carbocycles. The SMILES string of the molecule is CC(C)c1nnc(NC(=O)[C@H]2CC(=O)N(c3ccccc3F)C2)s1. The Kier molecular flexibility index (Phi) is 4.57. The van der Waals surface area contributed by atoms with Crippen molar-refractivity contribution in [2.24, 2.45) is 5.92 Å². The molecule has 0 bridgehead atoms. The zero-order valence-electron chi connectivity index (χ0n) is 13.3. The third-order valence-corrected chi connectivity index (χ3v) is 4.94. The first-order chi connectivity index (χ1) is 11.5. The average Bonchev–Trinajstić information content (AvgIpc) is 3.15. The van der Waals surface area contributed by atoms with Crippen LogP contribution in [0, 0.1) is 11.7 Å². The lowest BCUT2D eigenvalue weighted by Gasteiger charge is -2.17. The molecule has 1 aliphatic rings. The minimum absolute atomic E-state index is 0.0516. The van der Waals surface area contributed by atoms with Gasteiger partial charge in [0.1, 0.15) is 10.8 Å². The molecule has 2 amide bonds. The van der Waals surface area contributed by atoms with E-state index in [-0.39, 0.29) is 36.4 Å². The van der Waals surface area contributed by atoms with Crippen LogP contribution in [0.5, 0.6) is 0 Å². The first-order valence-corrected chi connectivity index (χ1v) is 8.46. The van der Waals surface area contributed by atoms with Gasteiger partial charge in [-0.15, -0.1) is 10.2 Å². The molecule has 0 spiro atoms. The van der Waals surface area contributed by atoms with Crippen LogP contribution in [0.25, 0.3) is 0 Å². The number of amides is 2. The van der Waals surface area contributed by atoms with Gasteiger partial charge in [0.2, 0.25) is 16.9 Å². The monoisotopic (exact) mass is 348 g/mol. The fourth-order valence-corrected chi connectivity index (χ4v) is 3.26. The molecule has 0 aliphatic carbocycles. The Labute approximate surface area is 142 Å². The normalized spacial score (nSPS) is 17.6. The van der Waals surface area contributed by atoms with E-state index in [9.17, 15) is 14.0 Å². The molecule has 1 atom stereocenters. The van der Waals surface area contributed by atoms with E-state index >= 15 is 0 Å². The summed E-state index contributed by atoms with van der Waals surface area (Å²) in [5, 5.41) is 11.9. The first kappa shape index (κ1) is 16.5. The Bertz CT molecular complexity index is 777. The highest BCUT2D eigenvalue weighted by Crippen LogP contribution is 2.29. The summed E-state index contributed by atoms with van der Waals surface area (Å²) in [5.74, 6) is -1.34. The summed E-state index contributed by atoms with van der Waals surface area (Å²) in [4.78, 5) is 25.8. The predicted molar refractivity (Wildman–Crippen MR) is 89.5 cm³/mol. The molecule has 0 radical (unpaired) electrons. The molecule has 8 heteroatoms. The molecule has 1 saturated heterocycles. The Hall–Kier alpha value is -2.35. The highest BCUT2D eigenvalue weighted by molar-refractivity contribution is 7.15. The van der Waals surface area contributed by atoms with Crippen LogP contribution in [-0.4, -0.2) is 28.6 Å². The van der Waals surface area contributed by atoms with Crippen molar-refractivity contribution >= 4 is 34.0 Å². The van der Waals surface area contributed by atoms with Gasteiger partial charge in [0, 0.05) is 18.9 Å². The van der Waals surface area contributed by atoms with Gasteiger partial charge in [-0.05, 0) is 12.1 Å². The van der Waals surface area contributed by atoms with E-state index in [1.807, 2.05) is 13.8 Å². The summed E-state index contributed by atoms with van der Waals surface area (Å²) in [6, 6.07) is 6.05. The number of anilines is 2. The number of carbonyl (C=O) groups is 2. The van der Waals surface area contributed by atoms with E-state index in [1.165, 1.54) is 28.4 Å². The number of nitrogens with zero attached hydrogens (tertiary/aromatic N) is 3. The zero-order chi connectivity index (χ0) is 17.3. The Balaban J connectivity index is 1.68. The van der Waals surface area contributed by atoms with Crippen molar-refractivity contribution in [3.05, 3.63) is 35.1 Å². The highest BCUT2D eigenvalue weighted by atomic mass is 32.1. The van der Waals surface area contributed by atoms with Gasteiger partial charge in [0.05, 0.1) is 11.6 Å². The number of aromatic nitrogens is 2. The van der Waals surface area contributed by atoms with Crippen LogP contribution in [0.1, 0.15) is 31.2 Å². The van der Waals surface area contributed by atoms with Gasteiger partial charge in [-0.25, -0.2) is 4.39 Å². The van der Waals surface area contributed by atoms with Crippen molar-refractivity contribution in [2.75, 3.05) is 16.8 Å². The van der Waals surface area contributed by atoms with Crippen LogP contribution < -0.4 is 10.2 Å². The summed E-state index contributed by atoms with van der Waals surface area (Å²) in [6.07, 6.45) is 0.0516. The van der Waals surface area contributed by atoms with Gasteiger partial charge in [-0.3, -0.25) is 9.59 Å². The summed E-state index contributed by atoms with van der Waals surface area (Å²) in [7, 11) is 0. The number of para-hydroxylation sites is 1. The maximum atomic E-state index is 13.9. The molecule has 2 heterocycles. The molecule has 1 fully saturated rings. The van der Waals surface area contributed by atoms with Crippen molar-refractivity contribution in [1.29, 1.82) is 0 Å².